The number of aromatic nitrogens is 2. The summed E-state index contributed by atoms with van der Waals surface area (Å²) in [7, 11) is 0. The van der Waals surface area contributed by atoms with Gasteiger partial charge in [-0.15, -0.1) is 11.3 Å². The molecule has 0 bridgehead atoms. The highest BCUT2D eigenvalue weighted by atomic mass is 32.1. The van der Waals surface area contributed by atoms with E-state index in [-0.39, 0.29) is 5.91 Å². The highest BCUT2D eigenvalue weighted by Gasteiger charge is 2.21. The Morgan fingerprint density at radius 2 is 2.12 bits per heavy atom. The normalized spacial score (nSPS) is 21.2. The third-order valence-corrected chi connectivity index (χ3v) is 5.39. The largest absolute Gasteiger partial charge is 0.354 e. The molecule has 1 amide bonds. The van der Waals surface area contributed by atoms with Crippen LogP contribution in [0.25, 0.3) is 10.7 Å². The van der Waals surface area contributed by atoms with Crippen LogP contribution in [0.4, 0.5) is 0 Å². The molecule has 3 rings (SSSR count). The number of pyridine rings is 1. The van der Waals surface area contributed by atoms with E-state index >= 15 is 0 Å². The van der Waals surface area contributed by atoms with Crippen molar-refractivity contribution in [3.8, 4) is 10.7 Å². The number of hydrogen-bond acceptors (Lipinski definition) is 5. The minimum absolute atomic E-state index is 0.0379. The molecule has 2 atom stereocenters. The Morgan fingerprint density at radius 1 is 1.32 bits per heavy atom. The van der Waals surface area contributed by atoms with Gasteiger partial charge in [-0.3, -0.25) is 9.78 Å². The lowest BCUT2D eigenvalue weighted by Crippen LogP contribution is -2.43. The van der Waals surface area contributed by atoms with Crippen LogP contribution in [0.15, 0.2) is 29.8 Å². The number of nitrogens with zero attached hydrogens (tertiary/aromatic N) is 3. The lowest BCUT2D eigenvalue weighted by Gasteiger charge is -2.34. The molecule has 0 aromatic carbocycles. The van der Waals surface area contributed by atoms with Crippen molar-refractivity contribution in [1.82, 2.24) is 20.2 Å². The van der Waals surface area contributed by atoms with Gasteiger partial charge in [-0.1, -0.05) is 19.9 Å². The Bertz CT molecular complexity index is 678. The molecular weight excluding hydrogens is 332 g/mol. The van der Waals surface area contributed by atoms with Gasteiger partial charge in [0.05, 0.1) is 17.8 Å². The monoisotopic (exact) mass is 358 g/mol. The summed E-state index contributed by atoms with van der Waals surface area (Å²) < 4.78 is 0. The fraction of sp³-hybridized carbons (Fsp3) is 0.526. The van der Waals surface area contributed by atoms with Crippen LogP contribution in [-0.4, -0.2) is 47.0 Å². The Morgan fingerprint density at radius 3 is 2.84 bits per heavy atom. The van der Waals surface area contributed by atoms with Crippen LogP contribution in [0.2, 0.25) is 0 Å². The summed E-state index contributed by atoms with van der Waals surface area (Å²) in [6, 6.07) is 5.76. The molecule has 1 aliphatic rings. The maximum absolute atomic E-state index is 12.1. The smallest absolute Gasteiger partial charge is 0.226 e. The number of thiazole rings is 1. The molecule has 3 heterocycles. The summed E-state index contributed by atoms with van der Waals surface area (Å²) in [5.41, 5.74) is 1.66. The fourth-order valence-corrected chi connectivity index (χ4v) is 4.35. The highest BCUT2D eigenvalue weighted by Crippen LogP contribution is 2.22. The average Bonchev–Trinajstić information content (AvgIpc) is 3.03. The molecule has 0 aliphatic carbocycles. The number of carbonyl (C=O) groups excluding carboxylic acids is 1. The minimum atomic E-state index is 0.0379. The number of piperidine rings is 1. The molecule has 1 aliphatic heterocycles. The average molecular weight is 359 g/mol. The highest BCUT2D eigenvalue weighted by molar-refractivity contribution is 7.13. The summed E-state index contributed by atoms with van der Waals surface area (Å²) >= 11 is 1.53. The molecule has 1 N–H and O–H groups in total. The van der Waals surface area contributed by atoms with E-state index in [2.05, 4.69) is 34.0 Å². The molecule has 1 fully saturated rings. The summed E-state index contributed by atoms with van der Waals surface area (Å²) in [6.07, 6.45) is 3.40. The van der Waals surface area contributed by atoms with Gasteiger partial charge in [-0.05, 0) is 30.4 Å². The van der Waals surface area contributed by atoms with Crippen LogP contribution in [0.1, 0.15) is 26.0 Å². The Balaban J connectivity index is 1.43. The van der Waals surface area contributed by atoms with Gasteiger partial charge in [0, 0.05) is 37.8 Å². The SMILES string of the molecule is CC1CC(C)CN(CCNC(=O)Cc2csc(-c3ccccn3)n2)C1. The zero-order valence-electron chi connectivity index (χ0n) is 14.9. The quantitative estimate of drug-likeness (QED) is 0.863. The van der Waals surface area contributed by atoms with Gasteiger partial charge in [0.1, 0.15) is 5.01 Å². The van der Waals surface area contributed by atoms with Crippen LogP contribution in [0.5, 0.6) is 0 Å². The van der Waals surface area contributed by atoms with E-state index in [1.165, 1.54) is 17.8 Å². The molecule has 2 aromatic rings. The number of nitrogens with one attached hydrogen (secondary N) is 1. The van der Waals surface area contributed by atoms with Gasteiger partial charge in [0.25, 0.3) is 0 Å². The molecule has 0 saturated carbocycles. The second kappa shape index (κ2) is 8.54. The standard InChI is InChI=1S/C19H26N4OS/c1-14-9-15(2)12-23(11-14)8-7-21-18(24)10-16-13-25-19(22-16)17-5-3-4-6-20-17/h3-6,13-15H,7-12H2,1-2H3,(H,21,24). The second-order valence-corrected chi connectivity index (χ2v) is 7.95. The van der Waals surface area contributed by atoms with Crippen LogP contribution < -0.4 is 5.32 Å². The molecular formula is C19H26N4OS. The molecule has 134 valence electrons. The van der Waals surface area contributed by atoms with Crippen LogP contribution in [-0.2, 0) is 11.2 Å². The number of amides is 1. The first-order chi connectivity index (χ1) is 12.1. The summed E-state index contributed by atoms with van der Waals surface area (Å²) in [5, 5.41) is 5.83. The van der Waals surface area contributed by atoms with Crippen LogP contribution in [0, 0.1) is 11.8 Å². The summed E-state index contributed by atoms with van der Waals surface area (Å²) in [4.78, 5) is 23.4. The Kier molecular flexibility index (Phi) is 6.15. The molecule has 0 radical (unpaired) electrons. The van der Waals surface area contributed by atoms with E-state index in [1.807, 2.05) is 23.6 Å². The van der Waals surface area contributed by atoms with Crippen molar-refractivity contribution >= 4 is 17.2 Å². The fourth-order valence-electron chi connectivity index (χ4n) is 3.55. The molecule has 25 heavy (non-hydrogen) atoms. The Hall–Kier alpha value is -1.79. The first kappa shape index (κ1) is 18.0. The summed E-state index contributed by atoms with van der Waals surface area (Å²) in [6.45, 7) is 8.52. The first-order valence-electron chi connectivity index (χ1n) is 8.95. The van der Waals surface area contributed by atoms with Crippen LogP contribution in [0.3, 0.4) is 0 Å². The predicted molar refractivity (Wildman–Crippen MR) is 101 cm³/mol. The van der Waals surface area contributed by atoms with Crippen LogP contribution >= 0.6 is 11.3 Å². The molecule has 1 saturated heterocycles. The van der Waals surface area contributed by atoms with Gasteiger partial charge >= 0.3 is 0 Å². The van der Waals surface area contributed by atoms with Crippen molar-refractivity contribution in [2.24, 2.45) is 11.8 Å². The topological polar surface area (TPSA) is 58.1 Å². The third kappa shape index (κ3) is 5.34. The number of likely N-dealkylation sites (tertiary alicyclic amines) is 1. The van der Waals surface area contributed by atoms with E-state index < -0.39 is 0 Å². The van der Waals surface area contributed by atoms with Gasteiger partial charge in [0.15, 0.2) is 0 Å². The summed E-state index contributed by atoms with van der Waals surface area (Å²) in [5.74, 6) is 1.54. The zero-order valence-corrected chi connectivity index (χ0v) is 15.8. The van der Waals surface area contributed by atoms with Gasteiger partial charge in [0.2, 0.25) is 5.91 Å². The predicted octanol–water partition coefficient (Wildman–Crippen LogP) is 2.84. The lowest BCUT2D eigenvalue weighted by molar-refractivity contribution is -0.120. The zero-order chi connectivity index (χ0) is 17.6. The van der Waals surface area contributed by atoms with Gasteiger partial charge < -0.3 is 10.2 Å². The van der Waals surface area contributed by atoms with Crippen molar-refractivity contribution in [3.05, 3.63) is 35.5 Å². The second-order valence-electron chi connectivity index (χ2n) is 7.09. The molecule has 2 unspecified atom stereocenters. The van der Waals surface area contributed by atoms with E-state index in [0.29, 0.717) is 13.0 Å². The van der Waals surface area contributed by atoms with E-state index in [9.17, 15) is 4.79 Å². The van der Waals surface area contributed by atoms with Gasteiger partial charge in [-0.25, -0.2) is 4.98 Å². The molecule has 0 spiro atoms. The number of rotatable bonds is 6. The van der Waals surface area contributed by atoms with E-state index in [0.717, 1.165) is 47.9 Å². The Labute approximate surface area is 153 Å². The first-order valence-corrected chi connectivity index (χ1v) is 9.83. The maximum Gasteiger partial charge on any atom is 0.226 e. The number of hydrogen-bond donors (Lipinski definition) is 1. The number of carbonyl (C=O) groups is 1. The van der Waals surface area contributed by atoms with Gasteiger partial charge in [-0.2, -0.15) is 0 Å². The molecule has 5 nitrogen and oxygen atoms in total. The third-order valence-electron chi connectivity index (χ3n) is 4.47. The van der Waals surface area contributed by atoms with Crippen molar-refractivity contribution in [1.29, 1.82) is 0 Å². The van der Waals surface area contributed by atoms with Crippen molar-refractivity contribution < 1.29 is 4.79 Å². The van der Waals surface area contributed by atoms with E-state index in [4.69, 9.17) is 0 Å². The van der Waals surface area contributed by atoms with Crippen molar-refractivity contribution in [2.75, 3.05) is 26.2 Å². The van der Waals surface area contributed by atoms with E-state index in [1.54, 1.807) is 6.20 Å². The lowest BCUT2D eigenvalue weighted by atomic mass is 9.92. The van der Waals surface area contributed by atoms with Crippen molar-refractivity contribution in [2.45, 2.75) is 26.7 Å². The minimum Gasteiger partial charge on any atom is -0.354 e. The maximum atomic E-state index is 12.1. The molecule has 6 heteroatoms. The van der Waals surface area contributed by atoms with Crippen molar-refractivity contribution in [3.63, 3.8) is 0 Å². The molecule has 2 aromatic heterocycles.